The third-order valence-electron chi connectivity index (χ3n) is 4.28. The average Bonchev–Trinajstić information content (AvgIpc) is 2.55. The second-order valence-corrected chi connectivity index (χ2v) is 6.44. The molecule has 0 saturated heterocycles. The van der Waals surface area contributed by atoms with E-state index < -0.39 is 6.16 Å². The second kappa shape index (κ2) is 16.6. The number of carbonyl (C=O) groups is 2. The first-order chi connectivity index (χ1) is 11.6. The van der Waals surface area contributed by atoms with E-state index in [-0.39, 0.29) is 12.1 Å². The molecule has 0 aromatic rings. The van der Waals surface area contributed by atoms with Crippen LogP contribution in [-0.2, 0) is 14.3 Å². The molecule has 0 aromatic carbocycles. The SMILES string of the molecule is CCCCCCCCC(CCCCCCCC(=O)OC)OC(=O)O. The van der Waals surface area contributed by atoms with E-state index >= 15 is 0 Å². The summed E-state index contributed by atoms with van der Waals surface area (Å²) < 4.78 is 9.61. The van der Waals surface area contributed by atoms with Crippen molar-refractivity contribution in [3.8, 4) is 0 Å². The van der Waals surface area contributed by atoms with Crippen LogP contribution in [-0.4, -0.2) is 30.4 Å². The van der Waals surface area contributed by atoms with Gasteiger partial charge in [-0.15, -0.1) is 0 Å². The first-order valence-electron chi connectivity index (χ1n) is 9.56. The van der Waals surface area contributed by atoms with Crippen LogP contribution in [0.3, 0.4) is 0 Å². The summed E-state index contributed by atoms with van der Waals surface area (Å²) in [6, 6.07) is 0. The molecule has 1 atom stereocenters. The van der Waals surface area contributed by atoms with Crippen molar-refractivity contribution in [2.45, 2.75) is 103 Å². The number of rotatable bonds is 16. The fraction of sp³-hybridized carbons (Fsp3) is 0.895. The van der Waals surface area contributed by atoms with Gasteiger partial charge in [0.15, 0.2) is 0 Å². The Hall–Kier alpha value is -1.26. The summed E-state index contributed by atoms with van der Waals surface area (Å²) in [6.45, 7) is 2.20. The van der Waals surface area contributed by atoms with Gasteiger partial charge in [0, 0.05) is 6.42 Å². The number of esters is 1. The van der Waals surface area contributed by atoms with Crippen molar-refractivity contribution in [2.24, 2.45) is 0 Å². The Balaban J connectivity index is 3.67. The van der Waals surface area contributed by atoms with Gasteiger partial charge in [0.05, 0.1) is 7.11 Å². The Morgan fingerprint density at radius 1 is 0.833 bits per heavy atom. The van der Waals surface area contributed by atoms with E-state index in [0.29, 0.717) is 6.42 Å². The molecule has 0 aromatic heterocycles. The van der Waals surface area contributed by atoms with Crippen LogP contribution in [0.1, 0.15) is 96.8 Å². The van der Waals surface area contributed by atoms with E-state index in [4.69, 9.17) is 9.84 Å². The van der Waals surface area contributed by atoms with Crippen molar-refractivity contribution in [1.82, 2.24) is 0 Å². The maximum atomic E-state index is 11.0. The number of methoxy groups -OCH3 is 1. The quantitative estimate of drug-likeness (QED) is 0.287. The van der Waals surface area contributed by atoms with Gasteiger partial charge in [-0.1, -0.05) is 58.3 Å². The van der Waals surface area contributed by atoms with E-state index in [1.165, 1.54) is 32.8 Å². The van der Waals surface area contributed by atoms with Crippen molar-refractivity contribution in [1.29, 1.82) is 0 Å². The van der Waals surface area contributed by atoms with Crippen LogP contribution < -0.4 is 0 Å². The molecule has 5 heteroatoms. The molecule has 1 unspecified atom stereocenters. The van der Waals surface area contributed by atoms with E-state index in [1.807, 2.05) is 0 Å². The van der Waals surface area contributed by atoms with Gasteiger partial charge >= 0.3 is 12.1 Å². The molecule has 5 nitrogen and oxygen atoms in total. The van der Waals surface area contributed by atoms with Crippen molar-refractivity contribution in [2.75, 3.05) is 7.11 Å². The van der Waals surface area contributed by atoms with Crippen LogP contribution >= 0.6 is 0 Å². The third kappa shape index (κ3) is 15.6. The maximum Gasteiger partial charge on any atom is 0.506 e. The van der Waals surface area contributed by atoms with Gasteiger partial charge < -0.3 is 14.6 Å². The molecule has 0 saturated carbocycles. The van der Waals surface area contributed by atoms with Gasteiger partial charge in [0.25, 0.3) is 0 Å². The largest absolute Gasteiger partial charge is 0.506 e. The minimum Gasteiger partial charge on any atom is -0.469 e. The third-order valence-corrected chi connectivity index (χ3v) is 4.28. The van der Waals surface area contributed by atoms with Crippen LogP contribution in [0.4, 0.5) is 4.79 Å². The number of carboxylic acid groups (broad SMARTS) is 1. The minimum absolute atomic E-state index is 0.149. The number of hydrogen-bond donors (Lipinski definition) is 1. The monoisotopic (exact) mass is 344 g/mol. The predicted octanol–water partition coefficient (Wildman–Crippen LogP) is 5.70. The van der Waals surface area contributed by atoms with Gasteiger partial charge in [0.2, 0.25) is 0 Å². The number of ether oxygens (including phenoxy) is 2. The fourth-order valence-corrected chi connectivity index (χ4v) is 2.83. The molecule has 0 radical (unpaired) electrons. The van der Waals surface area contributed by atoms with Gasteiger partial charge in [-0.2, -0.15) is 0 Å². The van der Waals surface area contributed by atoms with Crippen LogP contribution in [0, 0.1) is 0 Å². The Morgan fingerprint density at radius 2 is 1.33 bits per heavy atom. The van der Waals surface area contributed by atoms with Gasteiger partial charge in [-0.25, -0.2) is 4.79 Å². The highest BCUT2D eigenvalue weighted by atomic mass is 16.7. The zero-order valence-corrected chi connectivity index (χ0v) is 15.6. The lowest BCUT2D eigenvalue weighted by molar-refractivity contribution is -0.140. The highest BCUT2D eigenvalue weighted by Gasteiger charge is 2.13. The summed E-state index contributed by atoms with van der Waals surface area (Å²) in [6.07, 6.45) is 13.0. The molecule has 0 bridgehead atoms. The molecule has 0 aliphatic rings. The molecule has 0 aliphatic carbocycles. The van der Waals surface area contributed by atoms with Crippen molar-refractivity contribution < 1.29 is 24.2 Å². The van der Waals surface area contributed by atoms with Crippen LogP contribution in [0.5, 0.6) is 0 Å². The smallest absolute Gasteiger partial charge is 0.469 e. The Labute approximate surface area is 147 Å². The summed E-state index contributed by atoms with van der Waals surface area (Å²) in [5, 5.41) is 8.84. The molecular weight excluding hydrogens is 308 g/mol. The highest BCUT2D eigenvalue weighted by molar-refractivity contribution is 5.68. The fourth-order valence-electron chi connectivity index (χ4n) is 2.83. The molecule has 142 valence electrons. The summed E-state index contributed by atoms with van der Waals surface area (Å²) >= 11 is 0. The van der Waals surface area contributed by atoms with Gasteiger partial charge in [-0.05, 0) is 32.1 Å². The number of hydrogen-bond acceptors (Lipinski definition) is 4. The first kappa shape index (κ1) is 22.7. The van der Waals surface area contributed by atoms with Crippen LogP contribution in [0.25, 0.3) is 0 Å². The van der Waals surface area contributed by atoms with E-state index in [0.717, 1.165) is 57.8 Å². The van der Waals surface area contributed by atoms with Gasteiger partial charge in [0.1, 0.15) is 6.10 Å². The van der Waals surface area contributed by atoms with E-state index in [2.05, 4.69) is 11.7 Å². The average molecular weight is 344 g/mol. The second-order valence-electron chi connectivity index (χ2n) is 6.44. The van der Waals surface area contributed by atoms with Crippen LogP contribution in [0.2, 0.25) is 0 Å². The molecule has 0 spiro atoms. The predicted molar refractivity (Wildman–Crippen MR) is 95.2 cm³/mol. The number of carbonyl (C=O) groups excluding carboxylic acids is 1. The standard InChI is InChI=1S/C19H36O5/c1-3-4-5-6-8-11-14-17(24-19(21)22)15-12-9-7-10-13-16-18(20)23-2/h17H,3-16H2,1-2H3,(H,21,22). The van der Waals surface area contributed by atoms with E-state index in [1.54, 1.807) is 0 Å². The normalized spacial score (nSPS) is 11.9. The molecule has 0 aliphatic heterocycles. The van der Waals surface area contributed by atoms with Crippen molar-refractivity contribution in [3.05, 3.63) is 0 Å². The summed E-state index contributed by atoms with van der Waals surface area (Å²) in [4.78, 5) is 21.8. The van der Waals surface area contributed by atoms with Crippen molar-refractivity contribution in [3.63, 3.8) is 0 Å². The zero-order chi connectivity index (χ0) is 18.0. The minimum atomic E-state index is -1.16. The number of unbranched alkanes of at least 4 members (excludes halogenated alkanes) is 9. The zero-order valence-electron chi connectivity index (χ0n) is 15.6. The molecule has 0 fully saturated rings. The Morgan fingerprint density at radius 3 is 1.83 bits per heavy atom. The Kier molecular flexibility index (Phi) is 15.7. The Bertz CT molecular complexity index is 317. The summed E-state index contributed by atoms with van der Waals surface area (Å²) in [5.74, 6) is -0.149. The lowest BCUT2D eigenvalue weighted by atomic mass is 10.0. The molecular formula is C19H36O5. The lowest BCUT2D eigenvalue weighted by Crippen LogP contribution is -2.16. The maximum absolute atomic E-state index is 11.0. The van der Waals surface area contributed by atoms with Crippen LogP contribution in [0.15, 0.2) is 0 Å². The summed E-state index contributed by atoms with van der Waals surface area (Å²) in [7, 11) is 1.41. The van der Waals surface area contributed by atoms with E-state index in [9.17, 15) is 9.59 Å². The topological polar surface area (TPSA) is 72.8 Å². The lowest BCUT2D eigenvalue weighted by Gasteiger charge is -2.15. The highest BCUT2D eigenvalue weighted by Crippen LogP contribution is 2.17. The molecule has 24 heavy (non-hydrogen) atoms. The molecule has 0 amide bonds. The molecule has 1 N–H and O–H groups in total. The van der Waals surface area contributed by atoms with Gasteiger partial charge in [-0.3, -0.25) is 4.79 Å². The van der Waals surface area contributed by atoms with Crippen molar-refractivity contribution >= 4 is 12.1 Å². The molecule has 0 rings (SSSR count). The first-order valence-corrected chi connectivity index (χ1v) is 9.56. The summed E-state index contributed by atoms with van der Waals surface area (Å²) in [5.41, 5.74) is 0. The molecule has 0 heterocycles.